The van der Waals surface area contributed by atoms with E-state index >= 15 is 0 Å². The lowest BCUT2D eigenvalue weighted by Crippen LogP contribution is -2.31. The van der Waals surface area contributed by atoms with E-state index < -0.39 is 12.0 Å². The Balaban J connectivity index is 3.49. The van der Waals surface area contributed by atoms with Gasteiger partial charge in [0.25, 0.3) is 0 Å². The molecular weight excluding hydrogens is 152 g/mol. The van der Waals surface area contributed by atoms with E-state index in [1.807, 2.05) is 0 Å². The van der Waals surface area contributed by atoms with Crippen LogP contribution < -0.4 is 11.5 Å². The molecule has 0 saturated carbocycles. The third-order valence-corrected chi connectivity index (χ3v) is 1.22. The van der Waals surface area contributed by atoms with Gasteiger partial charge in [0, 0.05) is 0 Å². The molecule has 0 heterocycles. The van der Waals surface area contributed by atoms with Crippen LogP contribution in [0.2, 0.25) is 0 Å². The van der Waals surface area contributed by atoms with Crippen LogP contribution in [0.5, 0.6) is 0 Å². The topological polar surface area (TPSA) is 89.3 Å². The molecule has 0 aliphatic rings. The third kappa shape index (κ3) is 4.22. The zero-order valence-electron chi connectivity index (χ0n) is 5.41. The van der Waals surface area contributed by atoms with Crippen molar-refractivity contribution in [3.05, 3.63) is 0 Å². The van der Waals surface area contributed by atoms with Gasteiger partial charge in [-0.15, -0.1) is 0 Å². The van der Waals surface area contributed by atoms with Crippen LogP contribution in [0.1, 0.15) is 12.8 Å². The molecule has 5 heteroatoms. The number of carbonyl (C=O) groups is 1. The summed E-state index contributed by atoms with van der Waals surface area (Å²) in [5, 5.41) is 8.29. The molecule has 4 nitrogen and oxygen atoms in total. The quantitative estimate of drug-likeness (QED) is 0.483. The molecule has 0 saturated heterocycles. The summed E-state index contributed by atoms with van der Waals surface area (Å²) in [4.78, 5) is 10.4. The lowest BCUT2D eigenvalue weighted by Gasteiger charge is -2.03. The normalized spacial score (nSPS) is 12.5. The zero-order chi connectivity index (χ0) is 8.15. The van der Waals surface area contributed by atoms with Gasteiger partial charge >= 0.3 is 5.97 Å². The number of hydrogen-bond donors (Lipinski definition) is 3. The number of rotatable bonds is 4. The first-order chi connectivity index (χ1) is 4.54. The Bertz CT molecular complexity index is 149. The van der Waals surface area contributed by atoms with Gasteiger partial charge in [-0.3, -0.25) is 4.79 Å². The highest BCUT2D eigenvalue weighted by Gasteiger charge is 2.10. The molecular formula is C5H10N2O2S. The van der Waals surface area contributed by atoms with Crippen LogP contribution in [-0.4, -0.2) is 22.1 Å². The monoisotopic (exact) mass is 162 g/mol. The van der Waals surface area contributed by atoms with Crippen LogP contribution in [0.4, 0.5) is 0 Å². The highest BCUT2D eigenvalue weighted by molar-refractivity contribution is 7.80. The molecule has 0 radical (unpaired) electrons. The zero-order valence-corrected chi connectivity index (χ0v) is 6.23. The van der Waals surface area contributed by atoms with Gasteiger partial charge in [-0.05, 0) is 12.8 Å². The standard InChI is InChI=1S/C5H10N2O2S/c6-3(5(8)9)1-2-4(7)10/h3H,1-2,6H2,(H2,7,10)(H,8,9)/t3-/m0/s1. The van der Waals surface area contributed by atoms with Gasteiger partial charge in [-0.2, -0.15) is 0 Å². The minimum absolute atomic E-state index is 0.303. The minimum atomic E-state index is -1.02. The van der Waals surface area contributed by atoms with Crippen LogP contribution in [0.3, 0.4) is 0 Å². The maximum atomic E-state index is 10.1. The molecule has 0 spiro atoms. The number of thiocarbonyl (C=S) groups is 1. The summed E-state index contributed by atoms with van der Waals surface area (Å²) in [5.74, 6) is -1.02. The summed E-state index contributed by atoms with van der Waals surface area (Å²) >= 11 is 4.53. The van der Waals surface area contributed by atoms with Crippen molar-refractivity contribution < 1.29 is 9.90 Å². The van der Waals surface area contributed by atoms with E-state index in [9.17, 15) is 4.79 Å². The van der Waals surface area contributed by atoms with E-state index in [-0.39, 0.29) is 0 Å². The van der Waals surface area contributed by atoms with Crippen LogP contribution >= 0.6 is 12.2 Å². The third-order valence-electron chi connectivity index (χ3n) is 1.02. The fraction of sp³-hybridized carbons (Fsp3) is 0.600. The minimum Gasteiger partial charge on any atom is -0.480 e. The summed E-state index contributed by atoms with van der Waals surface area (Å²) in [7, 11) is 0. The molecule has 5 N–H and O–H groups in total. The molecule has 0 rings (SSSR count). The Hall–Kier alpha value is -0.680. The lowest BCUT2D eigenvalue weighted by molar-refractivity contribution is -0.138. The second kappa shape index (κ2) is 4.19. The molecule has 0 amide bonds. The largest absolute Gasteiger partial charge is 0.480 e. The van der Waals surface area contributed by atoms with Gasteiger partial charge in [0.15, 0.2) is 0 Å². The van der Waals surface area contributed by atoms with Crippen molar-refractivity contribution in [3.63, 3.8) is 0 Å². The molecule has 0 bridgehead atoms. The number of hydrogen-bond acceptors (Lipinski definition) is 3. The van der Waals surface area contributed by atoms with Gasteiger partial charge in [0.1, 0.15) is 6.04 Å². The first-order valence-corrected chi connectivity index (χ1v) is 3.21. The van der Waals surface area contributed by atoms with Crippen molar-refractivity contribution in [3.8, 4) is 0 Å². The Morgan fingerprint density at radius 3 is 2.50 bits per heavy atom. The number of nitrogens with two attached hydrogens (primary N) is 2. The molecule has 0 aliphatic heterocycles. The SMILES string of the molecule is NC(=S)CC[C@H](N)C(=O)O. The van der Waals surface area contributed by atoms with Crippen molar-refractivity contribution in [1.29, 1.82) is 0 Å². The average molecular weight is 162 g/mol. The fourth-order valence-electron chi connectivity index (χ4n) is 0.421. The Morgan fingerprint density at radius 2 is 2.20 bits per heavy atom. The number of carboxylic acid groups (broad SMARTS) is 1. The average Bonchev–Trinajstić information content (AvgIpc) is 1.82. The molecule has 0 aromatic carbocycles. The Labute approximate surface area is 64.2 Å². The van der Waals surface area contributed by atoms with Gasteiger partial charge in [0.05, 0.1) is 4.99 Å². The molecule has 58 valence electrons. The summed E-state index contributed by atoms with van der Waals surface area (Å²) in [5.41, 5.74) is 10.3. The van der Waals surface area contributed by atoms with E-state index in [2.05, 4.69) is 12.2 Å². The van der Waals surface area contributed by atoms with Crippen LogP contribution in [0.15, 0.2) is 0 Å². The predicted octanol–water partition coefficient (Wildman–Crippen LogP) is -0.535. The maximum Gasteiger partial charge on any atom is 0.320 e. The van der Waals surface area contributed by atoms with Crippen molar-refractivity contribution in [1.82, 2.24) is 0 Å². The summed E-state index contributed by atoms with van der Waals surface area (Å²) in [6, 6.07) is -0.846. The van der Waals surface area contributed by atoms with Crippen molar-refractivity contribution in [2.75, 3.05) is 0 Å². The smallest absolute Gasteiger partial charge is 0.320 e. The Morgan fingerprint density at radius 1 is 1.70 bits per heavy atom. The van der Waals surface area contributed by atoms with Gasteiger partial charge in [-0.25, -0.2) is 0 Å². The lowest BCUT2D eigenvalue weighted by atomic mass is 10.2. The Kier molecular flexibility index (Phi) is 3.90. The van der Waals surface area contributed by atoms with Crippen molar-refractivity contribution >= 4 is 23.2 Å². The van der Waals surface area contributed by atoms with Crippen molar-refractivity contribution in [2.45, 2.75) is 18.9 Å². The molecule has 1 atom stereocenters. The molecule has 0 unspecified atom stereocenters. The van der Waals surface area contributed by atoms with Crippen LogP contribution in [0, 0.1) is 0 Å². The molecule has 0 fully saturated rings. The van der Waals surface area contributed by atoms with Gasteiger partial charge in [-0.1, -0.05) is 12.2 Å². The summed E-state index contributed by atoms with van der Waals surface area (Å²) in [6.07, 6.45) is 0.702. The first kappa shape index (κ1) is 9.32. The molecule has 0 aliphatic carbocycles. The second-order valence-electron chi connectivity index (χ2n) is 1.95. The summed E-state index contributed by atoms with van der Waals surface area (Å²) in [6.45, 7) is 0. The first-order valence-electron chi connectivity index (χ1n) is 2.80. The van der Waals surface area contributed by atoms with E-state index in [0.717, 1.165) is 0 Å². The molecule has 10 heavy (non-hydrogen) atoms. The maximum absolute atomic E-state index is 10.1. The second-order valence-corrected chi connectivity index (χ2v) is 2.47. The number of aliphatic carboxylic acids is 1. The van der Waals surface area contributed by atoms with Gasteiger partial charge in [0.2, 0.25) is 0 Å². The molecule has 0 aromatic rings. The summed E-state index contributed by atoms with van der Waals surface area (Å²) < 4.78 is 0. The number of carboxylic acids is 1. The van der Waals surface area contributed by atoms with E-state index in [1.165, 1.54) is 0 Å². The predicted molar refractivity (Wildman–Crippen MR) is 41.6 cm³/mol. The molecule has 0 aromatic heterocycles. The highest BCUT2D eigenvalue weighted by atomic mass is 32.1. The van der Waals surface area contributed by atoms with E-state index in [1.54, 1.807) is 0 Å². The van der Waals surface area contributed by atoms with E-state index in [0.29, 0.717) is 17.8 Å². The van der Waals surface area contributed by atoms with Crippen molar-refractivity contribution in [2.24, 2.45) is 11.5 Å². The fourth-order valence-corrected chi connectivity index (χ4v) is 0.539. The highest BCUT2D eigenvalue weighted by Crippen LogP contribution is 1.93. The van der Waals surface area contributed by atoms with Crippen LogP contribution in [-0.2, 0) is 4.79 Å². The van der Waals surface area contributed by atoms with Gasteiger partial charge < -0.3 is 16.6 Å². The van der Waals surface area contributed by atoms with E-state index in [4.69, 9.17) is 16.6 Å². The van der Waals surface area contributed by atoms with Crippen LogP contribution in [0.25, 0.3) is 0 Å².